The molecule has 1 amide bonds. The summed E-state index contributed by atoms with van der Waals surface area (Å²) in [5.74, 6) is 0.760. The molecule has 1 saturated heterocycles. The Morgan fingerprint density at radius 1 is 1.30 bits per heavy atom. The fourth-order valence-corrected chi connectivity index (χ4v) is 2.70. The summed E-state index contributed by atoms with van der Waals surface area (Å²) in [7, 11) is 0. The lowest BCUT2D eigenvalue weighted by Gasteiger charge is -2.35. The van der Waals surface area contributed by atoms with Crippen LogP contribution in [0.2, 0.25) is 0 Å². The van der Waals surface area contributed by atoms with Crippen LogP contribution < -0.4 is 5.32 Å². The third-order valence-corrected chi connectivity index (χ3v) is 4.05. The predicted octanol–water partition coefficient (Wildman–Crippen LogP) is 3.23. The van der Waals surface area contributed by atoms with Crippen LogP contribution in [0.25, 0.3) is 11.1 Å². The molecule has 3 rings (SSSR count). The highest BCUT2D eigenvalue weighted by molar-refractivity contribution is 6.17. The van der Waals surface area contributed by atoms with E-state index >= 15 is 0 Å². The number of carbonyl (C=O) groups is 1. The predicted molar refractivity (Wildman–Crippen MR) is 83.8 cm³/mol. The monoisotopic (exact) mass is 294 g/mol. The van der Waals surface area contributed by atoms with Gasteiger partial charge in [0.25, 0.3) is 0 Å². The molecule has 1 fully saturated rings. The molecule has 0 aromatic carbocycles. The second-order valence-electron chi connectivity index (χ2n) is 5.37. The average molecular weight is 295 g/mol. The van der Waals surface area contributed by atoms with Crippen molar-refractivity contribution in [2.45, 2.75) is 38.8 Å². The molecule has 1 N–H and O–H groups in total. The first-order chi connectivity index (χ1) is 9.70. The maximum Gasteiger partial charge on any atom is 0.218 e. The largest absolute Gasteiger partial charge is 0.341 e. The van der Waals surface area contributed by atoms with E-state index in [4.69, 9.17) is 11.6 Å². The molecule has 2 aliphatic carbocycles. The molecular formula is C16H23ClN2O. The number of nitrogens with zero attached hydrogens (tertiary/aromatic N) is 1. The van der Waals surface area contributed by atoms with E-state index in [9.17, 15) is 4.79 Å². The van der Waals surface area contributed by atoms with E-state index in [-0.39, 0.29) is 12.1 Å². The van der Waals surface area contributed by atoms with Gasteiger partial charge >= 0.3 is 0 Å². The van der Waals surface area contributed by atoms with Crippen molar-refractivity contribution in [3.05, 3.63) is 24.3 Å². The van der Waals surface area contributed by atoms with Gasteiger partial charge in [-0.3, -0.25) is 9.69 Å². The number of fused-ring (bicyclic) bond motifs is 1. The van der Waals surface area contributed by atoms with Gasteiger partial charge in [0, 0.05) is 25.9 Å². The standard InChI is InChI=1S/C10H19ClN2O.C6H4/c1-9(14)12-10-5-2-3-7-13(10)8-4-6-11;1-2-6-4-3-5(1)6/h10H,2-8H2,1H3,(H,12,14);1-4H. The summed E-state index contributed by atoms with van der Waals surface area (Å²) in [5, 5.41) is 2.98. The highest BCUT2D eigenvalue weighted by atomic mass is 35.5. The zero-order valence-corrected chi connectivity index (χ0v) is 12.8. The first-order valence-corrected chi connectivity index (χ1v) is 7.91. The second kappa shape index (κ2) is 7.65. The lowest BCUT2D eigenvalue weighted by atomic mass is 9.95. The highest BCUT2D eigenvalue weighted by Gasteiger charge is 2.21. The Morgan fingerprint density at radius 3 is 2.40 bits per heavy atom. The van der Waals surface area contributed by atoms with Crippen LogP contribution in [0.4, 0.5) is 0 Å². The van der Waals surface area contributed by atoms with Gasteiger partial charge in [-0.1, -0.05) is 24.3 Å². The van der Waals surface area contributed by atoms with Crippen LogP contribution in [0.1, 0.15) is 32.6 Å². The van der Waals surface area contributed by atoms with Crippen LogP contribution in [-0.2, 0) is 4.79 Å². The minimum atomic E-state index is 0.0628. The summed E-state index contributed by atoms with van der Waals surface area (Å²) >= 11 is 5.66. The number of hydrogen-bond acceptors (Lipinski definition) is 2. The summed E-state index contributed by atoms with van der Waals surface area (Å²) in [5.41, 5.74) is 2.85. The number of alkyl halides is 1. The number of piperidine rings is 1. The first kappa shape index (κ1) is 15.3. The van der Waals surface area contributed by atoms with Gasteiger partial charge in [-0.15, -0.1) is 11.6 Å². The molecule has 0 radical (unpaired) electrons. The maximum atomic E-state index is 11.0. The number of carbonyl (C=O) groups excluding carboxylic acids is 1. The van der Waals surface area contributed by atoms with Crippen LogP contribution >= 0.6 is 11.6 Å². The van der Waals surface area contributed by atoms with E-state index in [0.29, 0.717) is 5.88 Å². The molecule has 0 aromatic rings. The molecular weight excluding hydrogens is 272 g/mol. The number of halogens is 1. The zero-order chi connectivity index (χ0) is 14.4. The number of likely N-dealkylation sites (tertiary alicyclic amines) is 1. The number of rotatable bonds is 4. The smallest absolute Gasteiger partial charge is 0.218 e. The van der Waals surface area contributed by atoms with Crippen molar-refractivity contribution in [2.75, 3.05) is 19.0 Å². The topological polar surface area (TPSA) is 32.3 Å². The lowest BCUT2D eigenvalue weighted by molar-refractivity contribution is -0.121. The molecule has 4 heteroatoms. The Balaban J connectivity index is 0.000000198. The fourth-order valence-electron chi connectivity index (χ4n) is 2.58. The summed E-state index contributed by atoms with van der Waals surface area (Å²) in [6.45, 7) is 3.66. The van der Waals surface area contributed by atoms with Gasteiger partial charge in [0.1, 0.15) is 0 Å². The third kappa shape index (κ3) is 4.22. The van der Waals surface area contributed by atoms with Gasteiger partial charge in [0.15, 0.2) is 0 Å². The molecule has 0 spiro atoms. The van der Waals surface area contributed by atoms with Crippen molar-refractivity contribution in [3.8, 4) is 11.1 Å². The first-order valence-electron chi connectivity index (χ1n) is 7.38. The van der Waals surface area contributed by atoms with Crippen molar-refractivity contribution < 1.29 is 4.79 Å². The molecule has 0 bridgehead atoms. The Bertz CT molecular complexity index is 412. The maximum absolute atomic E-state index is 11.0. The third-order valence-electron chi connectivity index (χ3n) is 3.78. The van der Waals surface area contributed by atoms with Crippen molar-refractivity contribution >= 4 is 17.5 Å². The molecule has 3 aliphatic rings. The van der Waals surface area contributed by atoms with Crippen LogP contribution in [0.3, 0.4) is 0 Å². The van der Waals surface area contributed by atoms with Crippen molar-refractivity contribution in [3.63, 3.8) is 0 Å². The molecule has 1 atom stereocenters. The quantitative estimate of drug-likeness (QED) is 0.878. The molecule has 1 unspecified atom stereocenters. The Morgan fingerprint density at radius 2 is 1.95 bits per heavy atom. The van der Waals surface area contributed by atoms with Crippen molar-refractivity contribution in [1.82, 2.24) is 10.2 Å². The van der Waals surface area contributed by atoms with Crippen LogP contribution in [0, 0.1) is 0 Å². The summed E-state index contributed by atoms with van der Waals surface area (Å²) in [6, 6.07) is 8.48. The number of hydrogen-bond donors (Lipinski definition) is 1. The molecule has 1 heterocycles. The van der Waals surface area contributed by atoms with Crippen LogP contribution in [-0.4, -0.2) is 35.9 Å². The molecule has 0 saturated carbocycles. The van der Waals surface area contributed by atoms with E-state index in [0.717, 1.165) is 25.9 Å². The van der Waals surface area contributed by atoms with Crippen LogP contribution in [0.5, 0.6) is 0 Å². The van der Waals surface area contributed by atoms with Gasteiger partial charge in [0.05, 0.1) is 6.17 Å². The molecule has 1 aliphatic heterocycles. The Kier molecular flexibility index (Phi) is 5.86. The summed E-state index contributed by atoms with van der Waals surface area (Å²) < 4.78 is 0. The minimum absolute atomic E-state index is 0.0628. The Labute approximate surface area is 126 Å². The number of benzene rings is 1. The van der Waals surface area contributed by atoms with Gasteiger partial charge in [-0.05, 0) is 36.8 Å². The van der Waals surface area contributed by atoms with Gasteiger partial charge < -0.3 is 5.32 Å². The summed E-state index contributed by atoms with van der Waals surface area (Å²) in [6.07, 6.45) is 4.75. The van der Waals surface area contributed by atoms with E-state index < -0.39 is 0 Å². The van der Waals surface area contributed by atoms with E-state index in [1.807, 2.05) is 0 Å². The number of nitrogens with one attached hydrogen (secondary N) is 1. The van der Waals surface area contributed by atoms with E-state index in [1.54, 1.807) is 6.92 Å². The lowest BCUT2D eigenvalue weighted by Crippen LogP contribution is -2.50. The summed E-state index contributed by atoms with van der Waals surface area (Å²) in [4.78, 5) is 13.3. The van der Waals surface area contributed by atoms with Crippen molar-refractivity contribution in [1.29, 1.82) is 0 Å². The fraction of sp³-hybridized carbons (Fsp3) is 0.562. The molecule has 3 nitrogen and oxygen atoms in total. The van der Waals surface area contributed by atoms with Crippen LogP contribution in [0.15, 0.2) is 24.3 Å². The van der Waals surface area contributed by atoms with E-state index in [1.165, 1.54) is 24.0 Å². The van der Waals surface area contributed by atoms with E-state index in [2.05, 4.69) is 34.5 Å². The SMILES string of the molecule is CC(=O)NC1CCCCN1CCCCl.c1cc2ccc1-2. The molecule has 110 valence electrons. The zero-order valence-electron chi connectivity index (χ0n) is 12.1. The second-order valence-corrected chi connectivity index (χ2v) is 5.75. The van der Waals surface area contributed by atoms with Gasteiger partial charge in [-0.2, -0.15) is 0 Å². The molecule has 0 aromatic heterocycles. The Hall–Kier alpha value is -1.06. The normalized spacial score (nSPS) is 19.8. The van der Waals surface area contributed by atoms with Gasteiger partial charge in [-0.25, -0.2) is 0 Å². The highest BCUT2D eigenvalue weighted by Crippen LogP contribution is 2.29. The van der Waals surface area contributed by atoms with Gasteiger partial charge in [0.2, 0.25) is 5.91 Å². The number of amides is 1. The molecule has 20 heavy (non-hydrogen) atoms. The minimum Gasteiger partial charge on any atom is -0.341 e. The van der Waals surface area contributed by atoms with Crippen molar-refractivity contribution in [2.24, 2.45) is 0 Å². The average Bonchev–Trinajstić information content (AvgIpc) is 2.42.